The molecule has 2 saturated heterocycles. The molecular weight excluding hydrogens is 506 g/mol. The van der Waals surface area contributed by atoms with E-state index < -0.39 is 6.03 Å². The number of piperidine rings is 1. The van der Waals surface area contributed by atoms with Gasteiger partial charge in [-0.3, -0.25) is 9.89 Å². The Hall–Kier alpha value is -3.73. The van der Waals surface area contributed by atoms with Crippen LogP contribution in [0.25, 0.3) is 22.5 Å². The number of anilines is 2. The predicted molar refractivity (Wildman–Crippen MR) is 156 cm³/mol. The number of aromatic amines is 1. The van der Waals surface area contributed by atoms with E-state index in [1.807, 2.05) is 29.3 Å². The number of ketones is 1. The highest BCUT2D eigenvalue weighted by Crippen LogP contribution is 2.44. The predicted octanol–water partition coefficient (Wildman–Crippen LogP) is 3.73. The van der Waals surface area contributed by atoms with E-state index in [4.69, 9.17) is 10.5 Å². The van der Waals surface area contributed by atoms with Gasteiger partial charge in [0.15, 0.2) is 5.78 Å². The fourth-order valence-corrected chi connectivity index (χ4v) is 6.48. The summed E-state index contributed by atoms with van der Waals surface area (Å²) in [6, 6.07) is 13.9. The minimum atomic E-state index is -0.631. The van der Waals surface area contributed by atoms with Gasteiger partial charge in [0.05, 0.1) is 35.7 Å². The highest BCUT2D eigenvalue weighted by molar-refractivity contribution is 6.27. The quantitative estimate of drug-likeness (QED) is 0.365. The number of carbonyl (C=O) groups excluding carboxylic acids is 2. The molecule has 3 aromatic rings. The number of hydrogen-bond donors (Lipinski definition) is 2. The van der Waals surface area contributed by atoms with E-state index >= 15 is 0 Å². The average molecular weight is 544 g/mol. The number of rotatable bonds is 7. The van der Waals surface area contributed by atoms with Crippen molar-refractivity contribution in [2.75, 3.05) is 62.4 Å². The highest BCUT2D eigenvalue weighted by atomic mass is 16.5. The number of H-pyrrole nitrogens is 1. The number of aromatic nitrogens is 2. The van der Waals surface area contributed by atoms with E-state index in [0.29, 0.717) is 60.5 Å². The van der Waals surface area contributed by atoms with Crippen LogP contribution < -0.4 is 15.6 Å². The van der Waals surface area contributed by atoms with E-state index in [1.54, 1.807) is 6.07 Å². The summed E-state index contributed by atoms with van der Waals surface area (Å²) in [7, 11) is 0. The number of amides is 2. The summed E-state index contributed by atoms with van der Waals surface area (Å²) < 4.78 is 5.45. The van der Waals surface area contributed by atoms with Gasteiger partial charge in [-0.05, 0) is 44.1 Å². The van der Waals surface area contributed by atoms with Crippen LogP contribution in [-0.4, -0.2) is 90.4 Å². The monoisotopic (exact) mass is 543 g/mol. The minimum Gasteiger partial charge on any atom is -0.379 e. The Morgan fingerprint density at radius 3 is 2.38 bits per heavy atom. The second-order valence-electron chi connectivity index (χ2n) is 10.6. The number of nitrogens with one attached hydrogen (secondary N) is 1. The molecule has 2 amide bonds. The highest BCUT2D eigenvalue weighted by Gasteiger charge is 2.38. The molecule has 2 fully saturated rings. The average Bonchev–Trinajstić information content (AvgIpc) is 3.55. The van der Waals surface area contributed by atoms with Crippen molar-refractivity contribution in [3.8, 4) is 22.5 Å². The van der Waals surface area contributed by atoms with Gasteiger partial charge in [0.1, 0.15) is 5.69 Å². The second kappa shape index (κ2) is 11.0. The van der Waals surface area contributed by atoms with Crippen molar-refractivity contribution in [2.24, 2.45) is 5.73 Å². The Bertz CT molecular complexity index is 1380. The fourth-order valence-electron chi connectivity index (χ4n) is 6.48. The molecule has 3 heterocycles. The fraction of sp³-hybridized carbons (Fsp3) is 0.433. The Morgan fingerprint density at radius 1 is 1.02 bits per heavy atom. The molecule has 0 bridgehead atoms. The first kappa shape index (κ1) is 26.5. The molecule has 2 aliphatic heterocycles. The number of nitrogens with two attached hydrogens (primary N) is 1. The number of primary amides is 1. The number of fused-ring (bicyclic) bond motifs is 3. The van der Waals surface area contributed by atoms with Gasteiger partial charge in [-0.25, -0.2) is 14.8 Å². The zero-order valence-electron chi connectivity index (χ0n) is 23.2. The molecule has 3 N–H and O–H groups in total. The topological polar surface area (TPSA) is 111 Å². The number of hydrogen-bond acceptors (Lipinski definition) is 7. The lowest BCUT2D eigenvalue weighted by Crippen LogP contribution is -2.54. The molecule has 0 spiro atoms. The number of carbonyl (C=O) groups is 2. The maximum Gasteiger partial charge on any atom is 0.334 e. The summed E-state index contributed by atoms with van der Waals surface area (Å²) in [6.07, 6.45) is 2.33. The normalized spacial score (nSPS) is 17.8. The summed E-state index contributed by atoms with van der Waals surface area (Å²) >= 11 is 0. The molecule has 0 atom stereocenters. The first-order valence-corrected chi connectivity index (χ1v) is 14.3. The lowest BCUT2D eigenvalue weighted by Gasteiger charge is -2.38. The second-order valence-corrected chi connectivity index (χ2v) is 10.6. The SMILES string of the molecule is CCN(CC)C1CCN(c2ccc(-c3n[nH]c4c3C(=O)c3c-4cccc3N(C(N)=O)N3CCOCC3)cc2)CC1. The standard InChI is InChI=1S/C30H37N7O3/c1-3-34(4-2)22-12-14-35(15-13-22)21-10-8-20(9-11-21)27-26-28(33-32-27)23-6-5-7-24(25(23)29(26)38)37(30(31)39)36-16-18-40-19-17-36/h5-11,22H,3-4,12-19H2,1-2H3,(H2,31,39)(H,32,33). The summed E-state index contributed by atoms with van der Waals surface area (Å²) in [5.74, 6) is -0.161. The molecule has 40 heavy (non-hydrogen) atoms. The van der Waals surface area contributed by atoms with Crippen molar-refractivity contribution in [3.63, 3.8) is 0 Å². The third kappa shape index (κ3) is 4.55. The van der Waals surface area contributed by atoms with Gasteiger partial charge < -0.3 is 20.3 Å². The zero-order chi connectivity index (χ0) is 27.8. The Balaban J connectivity index is 1.25. The van der Waals surface area contributed by atoms with Crippen LogP contribution in [0.15, 0.2) is 42.5 Å². The van der Waals surface area contributed by atoms with Crippen molar-refractivity contribution in [1.82, 2.24) is 20.1 Å². The first-order valence-electron chi connectivity index (χ1n) is 14.3. The summed E-state index contributed by atoms with van der Waals surface area (Å²) in [5, 5.41) is 10.9. The smallest absolute Gasteiger partial charge is 0.334 e. The molecule has 0 unspecified atom stereocenters. The maximum atomic E-state index is 13.9. The molecule has 0 radical (unpaired) electrons. The minimum absolute atomic E-state index is 0.161. The van der Waals surface area contributed by atoms with E-state index in [9.17, 15) is 9.59 Å². The Kier molecular flexibility index (Phi) is 7.31. The van der Waals surface area contributed by atoms with Crippen LogP contribution in [-0.2, 0) is 4.74 Å². The van der Waals surface area contributed by atoms with Crippen LogP contribution in [0.1, 0.15) is 42.6 Å². The Labute approximate surface area is 234 Å². The van der Waals surface area contributed by atoms with Crippen molar-refractivity contribution in [1.29, 1.82) is 0 Å². The van der Waals surface area contributed by atoms with Gasteiger partial charge in [-0.15, -0.1) is 0 Å². The van der Waals surface area contributed by atoms with Crippen LogP contribution in [0.5, 0.6) is 0 Å². The summed E-state index contributed by atoms with van der Waals surface area (Å²) in [5.41, 5.74) is 11.4. The number of nitrogens with zero attached hydrogens (tertiary/aromatic N) is 5. The van der Waals surface area contributed by atoms with Crippen molar-refractivity contribution < 1.29 is 14.3 Å². The number of benzene rings is 2. The molecule has 2 aromatic carbocycles. The Morgan fingerprint density at radius 2 is 1.73 bits per heavy atom. The third-order valence-corrected chi connectivity index (χ3v) is 8.54. The van der Waals surface area contributed by atoms with Crippen molar-refractivity contribution >= 4 is 23.2 Å². The molecule has 10 nitrogen and oxygen atoms in total. The van der Waals surface area contributed by atoms with Crippen molar-refractivity contribution in [3.05, 3.63) is 53.6 Å². The number of urea groups is 1. The van der Waals surface area contributed by atoms with Gasteiger partial charge in [-0.1, -0.05) is 38.1 Å². The summed E-state index contributed by atoms with van der Waals surface area (Å²) in [4.78, 5) is 31.5. The van der Waals surface area contributed by atoms with Gasteiger partial charge in [0.2, 0.25) is 0 Å². The molecule has 6 rings (SSSR count). The summed E-state index contributed by atoms with van der Waals surface area (Å²) in [6.45, 7) is 10.8. The molecule has 1 aliphatic carbocycles. The molecule has 10 heteroatoms. The van der Waals surface area contributed by atoms with Gasteiger partial charge in [-0.2, -0.15) is 5.10 Å². The van der Waals surface area contributed by atoms with Crippen LogP contribution >= 0.6 is 0 Å². The molecule has 3 aliphatic rings. The van der Waals surface area contributed by atoms with Gasteiger partial charge in [0, 0.05) is 49.0 Å². The van der Waals surface area contributed by atoms with Crippen LogP contribution in [0.4, 0.5) is 16.2 Å². The number of ether oxygens (including phenoxy) is 1. The van der Waals surface area contributed by atoms with Gasteiger partial charge >= 0.3 is 6.03 Å². The molecule has 0 saturated carbocycles. The first-order chi connectivity index (χ1) is 19.5. The zero-order valence-corrected chi connectivity index (χ0v) is 23.2. The van der Waals surface area contributed by atoms with E-state index in [0.717, 1.165) is 50.1 Å². The molecule has 1 aromatic heterocycles. The molecular formula is C30H37N7O3. The van der Waals surface area contributed by atoms with Crippen LogP contribution in [0, 0.1) is 0 Å². The maximum absolute atomic E-state index is 13.9. The molecule has 210 valence electrons. The lowest BCUT2D eigenvalue weighted by molar-refractivity contribution is 0.0364. The van der Waals surface area contributed by atoms with Gasteiger partial charge in [0.25, 0.3) is 0 Å². The van der Waals surface area contributed by atoms with Crippen LogP contribution in [0.2, 0.25) is 0 Å². The lowest BCUT2D eigenvalue weighted by atomic mass is 10.0. The number of morpholine rings is 1. The number of hydrazine groups is 1. The van der Waals surface area contributed by atoms with Crippen LogP contribution in [0.3, 0.4) is 0 Å². The third-order valence-electron chi connectivity index (χ3n) is 8.54. The van der Waals surface area contributed by atoms with E-state index in [2.05, 4.69) is 46.0 Å². The van der Waals surface area contributed by atoms with E-state index in [1.165, 1.54) is 10.7 Å². The van der Waals surface area contributed by atoms with E-state index in [-0.39, 0.29) is 5.78 Å². The largest absolute Gasteiger partial charge is 0.379 e. The van der Waals surface area contributed by atoms with Crippen molar-refractivity contribution in [2.45, 2.75) is 32.7 Å².